The number of carbonyl (C=O) groups is 1. The summed E-state index contributed by atoms with van der Waals surface area (Å²) in [5.74, 6) is 0. The summed E-state index contributed by atoms with van der Waals surface area (Å²) in [5, 5.41) is 10.2. The van der Waals surface area contributed by atoms with E-state index in [0.717, 1.165) is 15.9 Å². The van der Waals surface area contributed by atoms with Crippen LogP contribution in [-0.4, -0.2) is 15.8 Å². The maximum atomic E-state index is 11.8. The van der Waals surface area contributed by atoms with E-state index in [4.69, 9.17) is 11.6 Å². The molecular formula is C13H14BrClN4O. The number of anilines is 1. The molecule has 0 aliphatic carbocycles. The zero-order valence-corrected chi connectivity index (χ0v) is 13.4. The molecule has 106 valence electrons. The van der Waals surface area contributed by atoms with Crippen molar-refractivity contribution in [2.45, 2.75) is 13.5 Å². The number of hydrogen-bond donors (Lipinski definition) is 2. The minimum absolute atomic E-state index is 0.322. The summed E-state index contributed by atoms with van der Waals surface area (Å²) in [6.07, 6.45) is 0. The van der Waals surface area contributed by atoms with Gasteiger partial charge >= 0.3 is 6.03 Å². The number of nitrogens with zero attached hydrogens (tertiary/aromatic N) is 2. The van der Waals surface area contributed by atoms with E-state index in [1.807, 2.05) is 26.1 Å². The number of hydrogen-bond acceptors (Lipinski definition) is 2. The molecule has 0 aliphatic heterocycles. The van der Waals surface area contributed by atoms with Crippen molar-refractivity contribution in [3.63, 3.8) is 0 Å². The summed E-state index contributed by atoms with van der Waals surface area (Å²) in [6, 6.07) is 6.87. The van der Waals surface area contributed by atoms with E-state index in [1.165, 1.54) is 0 Å². The van der Waals surface area contributed by atoms with Crippen LogP contribution in [0.3, 0.4) is 0 Å². The zero-order chi connectivity index (χ0) is 14.7. The summed E-state index contributed by atoms with van der Waals surface area (Å²) >= 11 is 9.34. The highest BCUT2D eigenvalue weighted by Crippen LogP contribution is 2.25. The minimum atomic E-state index is -0.322. The average molecular weight is 358 g/mol. The Labute approximate surface area is 130 Å². The Bertz CT molecular complexity index is 622. The second kappa shape index (κ2) is 6.28. The molecule has 0 aliphatic rings. The first-order valence-corrected chi connectivity index (χ1v) is 7.12. The second-order valence-electron chi connectivity index (χ2n) is 4.33. The standard InChI is InChI=1S/C13H14BrClN4O/c1-8-5-10(18-19(8)2)7-16-13(20)17-12-4-3-9(14)6-11(12)15/h3-6H,7H2,1-2H3,(H2,16,17,20). The highest BCUT2D eigenvalue weighted by molar-refractivity contribution is 9.10. The van der Waals surface area contributed by atoms with E-state index < -0.39 is 0 Å². The Kier molecular flexibility index (Phi) is 4.67. The van der Waals surface area contributed by atoms with Crippen molar-refractivity contribution in [3.8, 4) is 0 Å². The van der Waals surface area contributed by atoms with Crippen molar-refractivity contribution < 1.29 is 4.79 Å². The minimum Gasteiger partial charge on any atom is -0.332 e. The van der Waals surface area contributed by atoms with Gasteiger partial charge in [0.1, 0.15) is 0 Å². The lowest BCUT2D eigenvalue weighted by molar-refractivity contribution is 0.251. The lowest BCUT2D eigenvalue weighted by Crippen LogP contribution is -2.28. The van der Waals surface area contributed by atoms with Crippen LogP contribution < -0.4 is 10.6 Å². The number of aryl methyl sites for hydroxylation is 2. The molecule has 2 N–H and O–H groups in total. The highest BCUT2D eigenvalue weighted by Gasteiger charge is 2.07. The molecule has 0 radical (unpaired) electrons. The Morgan fingerprint density at radius 1 is 1.45 bits per heavy atom. The smallest absolute Gasteiger partial charge is 0.319 e. The lowest BCUT2D eigenvalue weighted by atomic mass is 10.3. The Morgan fingerprint density at radius 3 is 2.80 bits per heavy atom. The van der Waals surface area contributed by atoms with Gasteiger partial charge in [-0.1, -0.05) is 27.5 Å². The van der Waals surface area contributed by atoms with Crippen LogP contribution in [0.25, 0.3) is 0 Å². The fourth-order valence-electron chi connectivity index (χ4n) is 1.65. The Hall–Kier alpha value is -1.53. The summed E-state index contributed by atoms with van der Waals surface area (Å²) in [4.78, 5) is 11.8. The zero-order valence-electron chi connectivity index (χ0n) is 11.1. The van der Waals surface area contributed by atoms with Gasteiger partial charge in [0.25, 0.3) is 0 Å². The molecule has 0 saturated carbocycles. The van der Waals surface area contributed by atoms with Crippen molar-refractivity contribution in [2.75, 3.05) is 5.32 Å². The van der Waals surface area contributed by atoms with Gasteiger partial charge in [-0.2, -0.15) is 5.10 Å². The van der Waals surface area contributed by atoms with Crippen LogP contribution in [0.5, 0.6) is 0 Å². The number of benzene rings is 1. The molecule has 2 amide bonds. The number of carbonyl (C=O) groups excluding carboxylic acids is 1. The molecule has 0 saturated heterocycles. The van der Waals surface area contributed by atoms with Gasteiger partial charge in [-0.05, 0) is 31.2 Å². The number of urea groups is 1. The molecule has 0 spiro atoms. The molecule has 7 heteroatoms. The maximum Gasteiger partial charge on any atom is 0.319 e. The molecule has 2 rings (SSSR count). The third kappa shape index (κ3) is 3.74. The van der Waals surface area contributed by atoms with E-state index in [0.29, 0.717) is 17.3 Å². The molecule has 0 fully saturated rings. The van der Waals surface area contributed by atoms with Crippen molar-refractivity contribution in [1.29, 1.82) is 0 Å². The first-order chi connectivity index (χ1) is 9.45. The van der Waals surface area contributed by atoms with Crippen LogP contribution in [0.4, 0.5) is 10.5 Å². The lowest BCUT2D eigenvalue weighted by Gasteiger charge is -2.08. The van der Waals surface area contributed by atoms with Crippen LogP contribution >= 0.6 is 27.5 Å². The van der Waals surface area contributed by atoms with Crippen molar-refractivity contribution in [2.24, 2.45) is 7.05 Å². The first kappa shape index (κ1) is 14.9. The molecule has 0 atom stereocenters. The number of amides is 2. The summed E-state index contributed by atoms with van der Waals surface area (Å²) in [6.45, 7) is 2.32. The quantitative estimate of drug-likeness (QED) is 0.883. The van der Waals surface area contributed by atoms with E-state index in [-0.39, 0.29) is 6.03 Å². The van der Waals surface area contributed by atoms with Crippen molar-refractivity contribution >= 4 is 39.2 Å². The van der Waals surface area contributed by atoms with Gasteiger partial charge in [0, 0.05) is 17.2 Å². The SMILES string of the molecule is Cc1cc(CNC(=O)Nc2ccc(Br)cc2Cl)nn1C. The van der Waals surface area contributed by atoms with Crippen molar-refractivity contribution in [1.82, 2.24) is 15.1 Å². The maximum absolute atomic E-state index is 11.8. The van der Waals surface area contributed by atoms with Gasteiger partial charge in [-0.25, -0.2) is 4.79 Å². The largest absolute Gasteiger partial charge is 0.332 e. The second-order valence-corrected chi connectivity index (χ2v) is 5.66. The van der Waals surface area contributed by atoms with E-state index in [9.17, 15) is 4.79 Å². The number of nitrogens with one attached hydrogen (secondary N) is 2. The van der Waals surface area contributed by atoms with Gasteiger partial charge < -0.3 is 10.6 Å². The van der Waals surface area contributed by atoms with E-state index in [2.05, 4.69) is 31.7 Å². The predicted molar refractivity (Wildman–Crippen MR) is 83.0 cm³/mol. The molecule has 20 heavy (non-hydrogen) atoms. The summed E-state index contributed by atoms with van der Waals surface area (Å²) in [5.41, 5.74) is 2.41. The van der Waals surface area contributed by atoms with Crippen LogP contribution in [0.15, 0.2) is 28.7 Å². The topological polar surface area (TPSA) is 59.0 Å². The molecule has 2 aromatic rings. The fraction of sp³-hybridized carbons (Fsp3) is 0.231. The molecular weight excluding hydrogens is 344 g/mol. The van der Waals surface area contributed by atoms with E-state index >= 15 is 0 Å². The molecule has 5 nitrogen and oxygen atoms in total. The number of halogens is 2. The third-order valence-corrected chi connectivity index (χ3v) is 3.58. The molecule has 1 aromatic carbocycles. The monoisotopic (exact) mass is 356 g/mol. The molecule has 0 unspecified atom stereocenters. The van der Waals surface area contributed by atoms with Crippen LogP contribution in [0.1, 0.15) is 11.4 Å². The van der Waals surface area contributed by atoms with E-state index in [1.54, 1.807) is 16.8 Å². The number of aromatic nitrogens is 2. The van der Waals surface area contributed by atoms with Gasteiger partial charge in [-0.3, -0.25) is 4.68 Å². The van der Waals surface area contributed by atoms with Crippen LogP contribution in [0.2, 0.25) is 5.02 Å². The predicted octanol–water partition coefficient (Wildman–Crippen LogP) is 3.47. The fourth-order valence-corrected chi connectivity index (χ4v) is 2.37. The normalized spacial score (nSPS) is 10.4. The van der Waals surface area contributed by atoms with Crippen molar-refractivity contribution in [3.05, 3.63) is 45.1 Å². The van der Waals surface area contributed by atoms with Crippen LogP contribution in [0, 0.1) is 6.92 Å². The average Bonchev–Trinajstić information content (AvgIpc) is 2.70. The van der Waals surface area contributed by atoms with Gasteiger partial charge in [-0.15, -0.1) is 0 Å². The number of rotatable bonds is 3. The summed E-state index contributed by atoms with van der Waals surface area (Å²) < 4.78 is 2.62. The Morgan fingerprint density at radius 2 is 2.20 bits per heavy atom. The highest BCUT2D eigenvalue weighted by atomic mass is 79.9. The van der Waals surface area contributed by atoms with Gasteiger partial charge in [0.15, 0.2) is 0 Å². The van der Waals surface area contributed by atoms with Crippen LogP contribution in [-0.2, 0) is 13.6 Å². The first-order valence-electron chi connectivity index (χ1n) is 5.95. The van der Waals surface area contributed by atoms with Gasteiger partial charge in [0.05, 0.1) is 22.9 Å². The molecule has 0 bridgehead atoms. The third-order valence-electron chi connectivity index (χ3n) is 2.77. The Balaban J connectivity index is 1.92. The molecule has 1 aromatic heterocycles. The summed E-state index contributed by atoms with van der Waals surface area (Å²) in [7, 11) is 1.86. The van der Waals surface area contributed by atoms with Gasteiger partial charge in [0.2, 0.25) is 0 Å². The molecule has 1 heterocycles.